The molecule has 1 fully saturated rings. The molecule has 1 aliphatic rings. The number of sulfonamides is 1. The summed E-state index contributed by atoms with van der Waals surface area (Å²) in [6, 6.07) is 2.92. The minimum Gasteiger partial charge on any atom is -0.354 e. The maximum atomic E-state index is 12.3. The minimum absolute atomic E-state index is 0.105. The molecule has 2 rings (SSSR count). The van der Waals surface area contributed by atoms with Gasteiger partial charge in [-0.15, -0.1) is 0 Å². The normalized spacial score (nSPS) is 21.1. The van der Waals surface area contributed by atoms with Crippen LogP contribution in [-0.4, -0.2) is 43.4 Å². The average Bonchev–Trinajstić information content (AvgIpc) is 2.76. The number of nitrogens with zero attached hydrogens (tertiary/aromatic N) is 2. The van der Waals surface area contributed by atoms with E-state index in [4.69, 9.17) is 16.3 Å². The maximum absolute atomic E-state index is 12.3. The number of hydrogen-bond donors (Lipinski definition) is 0. The third-order valence-corrected chi connectivity index (χ3v) is 4.83. The maximum Gasteiger partial charge on any atom is 0.248 e. The van der Waals surface area contributed by atoms with Gasteiger partial charge in [0.2, 0.25) is 10.0 Å². The van der Waals surface area contributed by atoms with E-state index in [1.165, 1.54) is 6.07 Å². The van der Waals surface area contributed by atoms with Crippen molar-refractivity contribution in [2.45, 2.75) is 18.0 Å². The first-order valence-electron chi connectivity index (χ1n) is 5.18. The molecule has 98 valence electrons. The molecule has 0 bridgehead atoms. The summed E-state index contributed by atoms with van der Waals surface area (Å²) in [5.41, 5.74) is 0.614. The number of aromatic nitrogens is 1. The van der Waals surface area contributed by atoms with Crippen LogP contribution in [0.3, 0.4) is 0 Å². The second-order valence-corrected chi connectivity index (χ2v) is 5.97. The molecule has 1 aromatic heterocycles. The number of aldehydes is 1. The molecule has 0 aromatic carbocycles. The van der Waals surface area contributed by atoms with Gasteiger partial charge < -0.3 is 4.74 Å². The Morgan fingerprint density at radius 1 is 1.56 bits per heavy atom. The van der Waals surface area contributed by atoms with Crippen LogP contribution in [0.15, 0.2) is 17.0 Å². The van der Waals surface area contributed by atoms with Gasteiger partial charge >= 0.3 is 0 Å². The molecule has 1 unspecified atom stereocenters. The first kappa shape index (κ1) is 13.4. The van der Waals surface area contributed by atoms with Crippen molar-refractivity contribution in [3.05, 3.63) is 23.0 Å². The summed E-state index contributed by atoms with van der Waals surface area (Å²) in [4.78, 5) is 14.5. The molecule has 6 nitrogen and oxygen atoms in total. The number of carbonyl (C=O) groups is 1. The molecular weight excluding hydrogens is 280 g/mol. The molecular formula is C10H11ClN2O4S. The summed E-state index contributed by atoms with van der Waals surface area (Å²) in [6.07, 6.45) is -0.646. The molecule has 0 spiro atoms. The molecule has 1 aromatic rings. The van der Waals surface area contributed by atoms with Gasteiger partial charge in [0.05, 0.1) is 6.61 Å². The van der Waals surface area contributed by atoms with Crippen LogP contribution in [0.25, 0.3) is 0 Å². The highest BCUT2D eigenvalue weighted by atomic mass is 35.5. The van der Waals surface area contributed by atoms with Crippen LogP contribution in [0, 0.1) is 6.92 Å². The molecule has 0 radical (unpaired) electrons. The Morgan fingerprint density at radius 2 is 2.28 bits per heavy atom. The summed E-state index contributed by atoms with van der Waals surface area (Å²) in [5, 5.41) is -0.105. The van der Waals surface area contributed by atoms with Gasteiger partial charge in [0.25, 0.3) is 0 Å². The molecule has 1 aliphatic heterocycles. The lowest BCUT2D eigenvalue weighted by Crippen LogP contribution is -2.37. The molecule has 0 saturated carbocycles. The van der Waals surface area contributed by atoms with Crippen molar-refractivity contribution in [1.82, 2.24) is 9.29 Å². The predicted octanol–water partition coefficient (Wildman–Crippen LogP) is 0.589. The zero-order valence-electron chi connectivity index (χ0n) is 9.54. The van der Waals surface area contributed by atoms with E-state index < -0.39 is 16.3 Å². The van der Waals surface area contributed by atoms with Crippen molar-refractivity contribution < 1.29 is 17.9 Å². The molecule has 0 N–H and O–H groups in total. The summed E-state index contributed by atoms with van der Waals surface area (Å²) in [7, 11) is -3.86. The number of pyridine rings is 1. The molecule has 8 heteroatoms. The van der Waals surface area contributed by atoms with Gasteiger partial charge in [0.1, 0.15) is 10.0 Å². The van der Waals surface area contributed by atoms with Gasteiger partial charge in [-0.05, 0) is 19.1 Å². The van der Waals surface area contributed by atoms with Crippen LogP contribution in [-0.2, 0) is 19.6 Å². The van der Waals surface area contributed by atoms with Gasteiger partial charge in [-0.25, -0.2) is 13.4 Å². The van der Waals surface area contributed by atoms with E-state index in [0.29, 0.717) is 12.0 Å². The van der Waals surface area contributed by atoms with Crippen molar-refractivity contribution in [1.29, 1.82) is 0 Å². The van der Waals surface area contributed by atoms with Gasteiger partial charge in [0.15, 0.2) is 12.5 Å². The van der Waals surface area contributed by atoms with Gasteiger partial charge in [-0.3, -0.25) is 4.79 Å². The fourth-order valence-corrected chi connectivity index (χ4v) is 3.61. The van der Waals surface area contributed by atoms with Crippen molar-refractivity contribution >= 4 is 27.9 Å². The highest BCUT2D eigenvalue weighted by Crippen LogP contribution is 2.26. The smallest absolute Gasteiger partial charge is 0.248 e. The minimum atomic E-state index is -3.86. The van der Waals surface area contributed by atoms with E-state index in [2.05, 4.69) is 4.98 Å². The summed E-state index contributed by atoms with van der Waals surface area (Å²) < 4.78 is 30.6. The fraction of sp³-hybridized carbons (Fsp3) is 0.400. The van der Waals surface area contributed by atoms with Crippen LogP contribution in [0.1, 0.15) is 5.69 Å². The van der Waals surface area contributed by atoms with Gasteiger partial charge in [-0.2, -0.15) is 4.31 Å². The average molecular weight is 291 g/mol. The van der Waals surface area contributed by atoms with Crippen LogP contribution in [0.4, 0.5) is 0 Å². The number of halogens is 1. The quantitative estimate of drug-likeness (QED) is 0.601. The Labute approximate surface area is 110 Å². The first-order valence-corrected chi connectivity index (χ1v) is 7.00. The van der Waals surface area contributed by atoms with Crippen molar-refractivity contribution in [3.63, 3.8) is 0 Å². The van der Waals surface area contributed by atoms with Gasteiger partial charge in [0, 0.05) is 12.2 Å². The Balaban J connectivity index is 2.45. The highest BCUT2D eigenvalue weighted by molar-refractivity contribution is 7.89. The molecule has 2 heterocycles. The third-order valence-electron chi connectivity index (χ3n) is 2.54. The summed E-state index contributed by atoms with van der Waals surface area (Å²) >= 11 is 5.84. The SMILES string of the molecule is Cc1ccc(S(=O)(=O)N2CCOC2C=O)c(Cl)n1. The molecule has 1 saturated heterocycles. The molecule has 1 atom stereocenters. The second-order valence-electron chi connectivity index (χ2n) is 3.75. The van der Waals surface area contributed by atoms with Crippen LogP contribution >= 0.6 is 11.6 Å². The Bertz CT molecular complexity index is 575. The van der Waals surface area contributed by atoms with Crippen molar-refractivity contribution in [2.24, 2.45) is 0 Å². The Hall–Kier alpha value is -1.02. The lowest BCUT2D eigenvalue weighted by Gasteiger charge is -2.18. The van der Waals surface area contributed by atoms with E-state index in [1.807, 2.05) is 0 Å². The third kappa shape index (κ3) is 2.26. The fourth-order valence-electron chi connectivity index (χ4n) is 1.67. The summed E-state index contributed by atoms with van der Waals surface area (Å²) in [5.74, 6) is 0. The van der Waals surface area contributed by atoms with Crippen molar-refractivity contribution in [3.8, 4) is 0 Å². The largest absolute Gasteiger partial charge is 0.354 e. The molecule has 0 aliphatic carbocycles. The van der Waals surface area contributed by atoms with E-state index >= 15 is 0 Å². The number of aryl methyl sites for hydroxylation is 1. The number of rotatable bonds is 3. The van der Waals surface area contributed by atoms with E-state index in [1.54, 1.807) is 13.0 Å². The summed E-state index contributed by atoms with van der Waals surface area (Å²) in [6.45, 7) is 2.00. The van der Waals surface area contributed by atoms with E-state index in [-0.39, 0.29) is 23.2 Å². The lowest BCUT2D eigenvalue weighted by atomic mass is 10.4. The zero-order chi connectivity index (χ0) is 13.3. The predicted molar refractivity (Wildman–Crippen MR) is 63.7 cm³/mol. The first-order chi connectivity index (χ1) is 8.46. The number of hydrogen-bond acceptors (Lipinski definition) is 5. The number of carbonyl (C=O) groups excluding carboxylic acids is 1. The van der Waals surface area contributed by atoms with Crippen LogP contribution in [0.5, 0.6) is 0 Å². The topological polar surface area (TPSA) is 76.6 Å². The van der Waals surface area contributed by atoms with Crippen LogP contribution < -0.4 is 0 Å². The lowest BCUT2D eigenvalue weighted by molar-refractivity contribution is -0.118. The highest BCUT2D eigenvalue weighted by Gasteiger charge is 2.37. The number of ether oxygens (including phenoxy) is 1. The molecule has 18 heavy (non-hydrogen) atoms. The monoisotopic (exact) mass is 290 g/mol. The Morgan fingerprint density at radius 3 is 2.89 bits per heavy atom. The zero-order valence-corrected chi connectivity index (χ0v) is 11.1. The second kappa shape index (κ2) is 4.93. The van der Waals surface area contributed by atoms with Gasteiger partial charge in [-0.1, -0.05) is 11.6 Å². The molecule has 0 amide bonds. The van der Waals surface area contributed by atoms with Crippen LogP contribution in [0.2, 0.25) is 5.15 Å². The van der Waals surface area contributed by atoms with E-state index in [0.717, 1.165) is 4.31 Å². The Kier molecular flexibility index (Phi) is 3.67. The van der Waals surface area contributed by atoms with Crippen molar-refractivity contribution in [2.75, 3.05) is 13.2 Å². The standard InChI is InChI=1S/C10H11ClN2O4S/c1-7-2-3-8(10(11)12-7)18(15,16)13-4-5-17-9(13)6-14/h2-3,6,9H,4-5H2,1H3. The van der Waals surface area contributed by atoms with E-state index in [9.17, 15) is 13.2 Å².